The first-order valence-electron chi connectivity index (χ1n) is 11.1. The number of amides is 1. The highest BCUT2D eigenvalue weighted by molar-refractivity contribution is 6.04. The molecule has 1 aliphatic carbocycles. The molecule has 0 aliphatic heterocycles. The van der Waals surface area contributed by atoms with Gasteiger partial charge in [-0.3, -0.25) is 4.79 Å². The Labute approximate surface area is 190 Å². The summed E-state index contributed by atoms with van der Waals surface area (Å²) in [5.41, 5.74) is 8.13. The molecular formula is C29H31NO2. The number of rotatable bonds is 4. The summed E-state index contributed by atoms with van der Waals surface area (Å²) in [5, 5.41) is 12.2. The lowest BCUT2D eigenvalue weighted by Gasteiger charge is -2.22. The molecule has 32 heavy (non-hydrogen) atoms. The van der Waals surface area contributed by atoms with E-state index in [1.54, 1.807) is 24.3 Å². The van der Waals surface area contributed by atoms with Crippen molar-refractivity contribution in [1.82, 2.24) is 0 Å². The van der Waals surface area contributed by atoms with E-state index in [1.165, 1.54) is 22.3 Å². The van der Waals surface area contributed by atoms with Crippen molar-refractivity contribution in [1.29, 1.82) is 0 Å². The maximum absolute atomic E-state index is 12.5. The number of hydrogen-bond acceptors (Lipinski definition) is 2. The lowest BCUT2D eigenvalue weighted by molar-refractivity contribution is 0.102. The van der Waals surface area contributed by atoms with Crippen molar-refractivity contribution in [3.8, 4) is 5.75 Å². The molecule has 0 fully saturated rings. The molecule has 0 radical (unpaired) electrons. The molecule has 0 heterocycles. The highest BCUT2D eigenvalue weighted by Crippen LogP contribution is 2.50. The van der Waals surface area contributed by atoms with E-state index >= 15 is 0 Å². The van der Waals surface area contributed by atoms with E-state index in [2.05, 4.69) is 64.2 Å². The minimum absolute atomic E-state index is 0.171. The van der Waals surface area contributed by atoms with Gasteiger partial charge in [0.2, 0.25) is 0 Å². The molecule has 0 aromatic heterocycles. The highest BCUT2D eigenvalue weighted by Gasteiger charge is 2.41. The molecule has 3 aromatic rings. The van der Waals surface area contributed by atoms with Crippen molar-refractivity contribution in [2.45, 2.75) is 51.9 Å². The Kier molecular flexibility index (Phi) is 5.46. The SMILES string of the molecule is Cc1cc2c(cc1/C=C/c1ccc(C(=O)Nc3ccc(O)cc3)cc1)C(C)(C)CC2(C)C. The van der Waals surface area contributed by atoms with Crippen LogP contribution in [0.2, 0.25) is 0 Å². The normalized spacial score (nSPS) is 16.2. The van der Waals surface area contributed by atoms with Crippen molar-refractivity contribution < 1.29 is 9.90 Å². The highest BCUT2D eigenvalue weighted by atomic mass is 16.3. The molecule has 3 nitrogen and oxygen atoms in total. The van der Waals surface area contributed by atoms with E-state index in [0.717, 1.165) is 12.0 Å². The predicted octanol–water partition coefficient (Wildman–Crippen LogP) is 7.08. The van der Waals surface area contributed by atoms with Gasteiger partial charge in [0.15, 0.2) is 0 Å². The third kappa shape index (κ3) is 4.34. The maximum atomic E-state index is 12.5. The van der Waals surface area contributed by atoms with E-state index in [4.69, 9.17) is 0 Å². The van der Waals surface area contributed by atoms with Crippen LogP contribution in [0.5, 0.6) is 5.75 Å². The number of nitrogens with one attached hydrogen (secondary N) is 1. The molecule has 0 unspecified atom stereocenters. The molecule has 1 amide bonds. The number of phenolic OH excluding ortho intramolecular Hbond substituents is 1. The predicted molar refractivity (Wildman–Crippen MR) is 133 cm³/mol. The van der Waals surface area contributed by atoms with Gasteiger partial charge in [-0.2, -0.15) is 0 Å². The Balaban J connectivity index is 1.51. The molecule has 3 aromatic carbocycles. The number of anilines is 1. The van der Waals surface area contributed by atoms with Crippen LogP contribution >= 0.6 is 0 Å². The fourth-order valence-electron chi connectivity index (χ4n) is 5.00. The molecule has 4 rings (SSSR count). The lowest BCUT2D eigenvalue weighted by Crippen LogP contribution is -2.17. The first-order valence-corrected chi connectivity index (χ1v) is 11.1. The zero-order chi connectivity index (χ0) is 23.1. The van der Waals surface area contributed by atoms with Crippen LogP contribution in [0.3, 0.4) is 0 Å². The summed E-state index contributed by atoms with van der Waals surface area (Å²) >= 11 is 0. The van der Waals surface area contributed by atoms with Gasteiger partial charge in [-0.05, 0) is 88.4 Å². The van der Waals surface area contributed by atoms with E-state index < -0.39 is 0 Å². The molecule has 1 aliphatic rings. The number of aryl methyl sites for hydroxylation is 1. The largest absolute Gasteiger partial charge is 0.508 e. The molecule has 164 valence electrons. The van der Waals surface area contributed by atoms with Gasteiger partial charge in [-0.15, -0.1) is 0 Å². The van der Waals surface area contributed by atoms with Gasteiger partial charge in [-0.25, -0.2) is 0 Å². The number of carbonyl (C=O) groups excluding carboxylic acids is 1. The Morgan fingerprint density at radius 2 is 1.47 bits per heavy atom. The van der Waals surface area contributed by atoms with Crippen LogP contribution in [-0.2, 0) is 10.8 Å². The van der Waals surface area contributed by atoms with Gasteiger partial charge in [0.25, 0.3) is 5.91 Å². The average Bonchev–Trinajstić information content (AvgIpc) is 2.91. The summed E-state index contributed by atoms with van der Waals surface area (Å²) in [6.07, 6.45) is 5.43. The number of hydrogen-bond donors (Lipinski definition) is 2. The Morgan fingerprint density at radius 1 is 0.875 bits per heavy atom. The van der Waals surface area contributed by atoms with E-state index in [9.17, 15) is 9.90 Å². The van der Waals surface area contributed by atoms with Crippen molar-refractivity contribution >= 4 is 23.7 Å². The number of benzene rings is 3. The van der Waals surface area contributed by atoms with Gasteiger partial charge in [0.05, 0.1) is 0 Å². The standard InChI is InChI=1S/C29H31NO2/c1-19-16-25-26(29(4,5)18-28(25,2)3)17-22(19)11-8-20-6-9-21(10-7-20)27(32)30-23-12-14-24(31)15-13-23/h6-17,31H,18H2,1-5H3,(H,30,32)/b11-8+. The summed E-state index contributed by atoms with van der Waals surface area (Å²) in [5.74, 6) is -0.00412. The smallest absolute Gasteiger partial charge is 0.255 e. The summed E-state index contributed by atoms with van der Waals surface area (Å²) in [4.78, 5) is 12.5. The Morgan fingerprint density at radius 3 is 2.09 bits per heavy atom. The topological polar surface area (TPSA) is 49.3 Å². The minimum Gasteiger partial charge on any atom is -0.508 e. The maximum Gasteiger partial charge on any atom is 0.255 e. The van der Waals surface area contributed by atoms with Crippen molar-refractivity contribution in [2.75, 3.05) is 5.32 Å². The van der Waals surface area contributed by atoms with Crippen LogP contribution in [0, 0.1) is 6.92 Å². The summed E-state index contributed by atoms with van der Waals surface area (Å²) in [6, 6.07) is 18.7. The second kappa shape index (κ2) is 7.98. The molecule has 2 N–H and O–H groups in total. The summed E-state index contributed by atoms with van der Waals surface area (Å²) < 4.78 is 0. The van der Waals surface area contributed by atoms with Crippen LogP contribution in [-0.4, -0.2) is 11.0 Å². The number of fused-ring (bicyclic) bond motifs is 1. The second-order valence-corrected chi connectivity index (χ2v) is 10.2. The summed E-state index contributed by atoms with van der Waals surface area (Å²) in [6.45, 7) is 11.5. The van der Waals surface area contributed by atoms with Gasteiger partial charge in [0.1, 0.15) is 5.75 Å². The fraction of sp³-hybridized carbons (Fsp3) is 0.276. The molecular weight excluding hydrogens is 394 g/mol. The van der Waals surface area contributed by atoms with E-state index in [1.807, 2.05) is 24.3 Å². The second-order valence-electron chi connectivity index (χ2n) is 10.2. The Bertz CT molecular complexity index is 1180. The van der Waals surface area contributed by atoms with Crippen molar-refractivity contribution in [3.05, 3.63) is 94.0 Å². The first-order chi connectivity index (χ1) is 15.0. The number of phenols is 1. The fourth-order valence-corrected chi connectivity index (χ4v) is 5.00. The zero-order valence-corrected chi connectivity index (χ0v) is 19.5. The van der Waals surface area contributed by atoms with Gasteiger partial charge < -0.3 is 10.4 Å². The van der Waals surface area contributed by atoms with Crippen LogP contribution in [0.1, 0.15) is 72.3 Å². The molecule has 0 saturated carbocycles. The van der Waals surface area contributed by atoms with Crippen LogP contribution in [0.25, 0.3) is 12.2 Å². The quantitative estimate of drug-likeness (QED) is 0.346. The van der Waals surface area contributed by atoms with Crippen molar-refractivity contribution in [2.24, 2.45) is 0 Å². The summed E-state index contributed by atoms with van der Waals surface area (Å²) in [7, 11) is 0. The zero-order valence-electron chi connectivity index (χ0n) is 19.5. The van der Waals surface area contributed by atoms with E-state index in [-0.39, 0.29) is 22.5 Å². The minimum atomic E-state index is -0.175. The first kappa shape index (κ1) is 21.9. The molecule has 3 heteroatoms. The molecule has 0 spiro atoms. The monoisotopic (exact) mass is 425 g/mol. The van der Waals surface area contributed by atoms with Gasteiger partial charge >= 0.3 is 0 Å². The van der Waals surface area contributed by atoms with Crippen LogP contribution in [0.4, 0.5) is 5.69 Å². The third-order valence-electron chi connectivity index (χ3n) is 6.50. The van der Waals surface area contributed by atoms with Gasteiger partial charge in [-0.1, -0.05) is 64.1 Å². The molecule has 0 bridgehead atoms. The molecule has 0 atom stereocenters. The number of carbonyl (C=O) groups is 1. The van der Waals surface area contributed by atoms with Crippen molar-refractivity contribution in [3.63, 3.8) is 0 Å². The number of aromatic hydroxyl groups is 1. The third-order valence-corrected chi connectivity index (χ3v) is 6.50. The van der Waals surface area contributed by atoms with Crippen LogP contribution in [0.15, 0.2) is 60.7 Å². The van der Waals surface area contributed by atoms with Gasteiger partial charge in [0, 0.05) is 11.3 Å². The molecule has 0 saturated heterocycles. The lowest BCUT2D eigenvalue weighted by atomic mass is 9.82. The Hall–Kier alpha value is -3.33. The van der Waals surface area contributed by atoms with E-state index in [0.29, 0.717) is 11.3 Å². The van der Waals surface area contributed by atoms with Crippen LogP contribution < -0.4 is 5.32 Å². The average molecular weight is 426 g/mol.